The molecule has 0 fully saturated rings. The summed E-state index contributed by atoms with van der Waals surface area (Å²) in [6, 6.07) is 0. The average molecular weight is 286 g/mol. The molecule has 0 aliphatic heterocycles. The summed E-state index contributed by atoms with van der Waals surface area (Å²) >= 11 is 0. The highest BCUT2D eigenvalue weighted by Gasteiger charge is 2.49. The minimum Gasteiger partial charge on any atom is -0.381 e. The van der Waals surface area contributed by atoms with Gasteiger partial charge in [-0.1, -0.05) is 20.8 Å². The number of hydrogen-bond acceptors (Lipinski definition) is 3. The lowest BCUT2D eigenvalue weighted by Gasteiger charge is -2.36. The van der Waals surface area contributed by atoms with Crippen molar-refractivity contribution in [2.24, 2.45) is 11.3 Å². The normalized spacial score (nSPS) is 24.6. The Labute approximate surface area is 105 Å². The Morgan fingerprint density at radius 2 is 2.00 bits per heavy atom. The van der Waals surface area contributed by atoms with Gasteiger partial charge in [0.25, 0.3) is 0 Å². The summed E-state index contributed by atoms with van der Waals surface area (Å²) in [5.74, 6) is -0.0804. The second-order valence-corrected chi connectivity index (χ2v) is 6.66. The molecule has 0 amide bonds. The van der Waals surface area contributed by atoms with Gasteiger partial charge in [-0.2, -0.15) is 21.6 Å². The molecule has 0 aromatic heterocycles. The van der Waals surface area contributed by atoms with Gasteiger partial charge in [0, 0.05) is 6.42 Å². The third-order valence-electron chi connectivity index (χ3n) is 3.35. The van der Waals surface area contributed by atoms with Gasteiger partial charge >= 0.3 is 15.6 Å². The van der Waals surface area contributed by atoms with Crippen molar-refractivity contribution in [2.75, 3.05) is 0 Å². The van der Waals surface area contributed by atoms with Gasteiger partial charge < -0.3 is 4.18 Å². The van der Waals surface area contributed by atoms with Crippen molar-refractivity contribution < 1.29 is 25.8 Å². The van der Waals surface area contributed by atoms with Gasteiger partial charge in [-0.25, -0.2) is 0 Å². The van der Waals surface area contributed by atoms with E-state index in [1.54, 1.807) is 0 Å². The van der Waals surface area contributed by atoms with Crippen molar-refractivity contribution in [1.82, 2.24) is 0 Å². The Hall–Kier alpha value is -0.720. The molecular formula is C11H17F3O3S. The first-order chi connectivity index (χ1) is 7.99. The van der Waals surface area contributed by atoms with Crippen LogP contribution in [0.5, 0.6) is 0 Å². The highest BCUT2D eigenvalue weighted by Crippen LogP contribution is 2.42. The molecule has 1 aliphatic carbocycles. The molecule has 0 aromatic rings. The Kier molecular flexibility index (Phi) is 4.05. The third-order valence-corrected chi connectivity index (χ3v) is 4.35. The molecule has 0 N–H and O–H groups in total. The van der Waals surface area contributed by atoms with Crippen LogP contribution >= 0.6 is 0 Å². The number of hydrogen-bond donors (Lipinski definition) is 0. The minimum atomic E-state index is -5.53. The van der Waals surface area contributed by atoms with Crippen LogP contribution in [0.3, 0.4) is 0 Å². The van der Waals surface area contributed by atoms with Crippen molar-refractivity contribution >= 4 is 10.1 Å². The van der Waals surface area contributed by atoms with Crippen molar-refractivity contribution in [1.29, 1.82) is 0 Å². The van der Waals surface area contributed by atoms with Gasteiger partial charge in [-0.15, -0.1) is 0 Å². The summed E-state index contributed by atoms with van der Waals surface area (Å²) in [7, 11) is -5.53. The van der Waals surface area contributed by atoms with Crippen LogP contribution in [-0.4, -0.2) is 13.9 Å². The lowest BCUT2D eigenvalue weighted by atomic mass is 9.71. The number of rotatable bonds is 3. The molecule has 0 aromatic carbocycles. The summed E-state index contributed by atoms with van der Waals surface area (Å²) < 4.78 is 62.5. The molecular weight excluding hydrogens is 269 g/mol. The number of alkyl halides is 3. The standard InChI is InChI=1S/C11H17F3O3S/c1-4-8-7-9(5-6-10(8,2)3)17-18(15,16)11(12,13)14/h7-8H,4-6H2,1-3H3/t8-/m1/s1. The van der Waals surface area contributed by atoms with E-state index >= 15 is 0 Å². The fraction of sp³-hybridized carbons (Fsp3) is 0.818. The van der Waals surface area contributed by atoms with E-state index in [-0.39, 0.29) is 23.5 Å². The van der Waals surface area contributed by atoms with Gasteiger partial charge in [0.2, 0.25) is 0 Å². The quantitative estimate of drug-likeness (QED) is 0.588. The maximum Gasteiger partial charge on any atom is 0.534 e. The van der Waals surface area contributed by atoms with E-state index in [2.05, 4.69) is 4.18 Å². The molecule has 0 heterocycles. The molecule has 0 saturated heterocycles. The van der Waals surface area contributed by atoms with E-state index < -0.39 is 15.6 Å². The third kappa shape index (κ3) is 3.18. The molecule has 0 bridgehead atoms. The Bertz CT molecular complexity index is 435. The van der Waals surface area contributed by atoms with Crippen molar-refractivity contribution in [3.63, 3.8) is 0 Å². The van der Waals surface area contributed by atoms with Crippen molar-refractivity contribution in [2.45, 2.75) is 45.5 Å². The van der Waals surface area contributed by atoms with E-state index in [9.17, 15) is 21.6 Å². The molecule has 0 saturated carbocycles. The van der Waals surface area contributed by atoms with Crippen LogP contribution in [0.15, 0.2) is 11.8 Å². The van der Waals surface area contributed by atoms with Gasteiger partial charge in [0.1, 0.15) is 5.76 Å². The van der Waals surface area contributed by atoms with Crippen molar-refractivity contribution in [3.8, 4) is 0 Å². The summed E-state index contributed by atoms with van der Waals surface area (Å²) in [5, 5.41) is 0. The van der Waals surface area contributed by atoms with Crippen LogP contribution < -0.4 is 0 Å². The summed E-state index contributed by atoms with van der Waals surface area (Å²) in [5.41, 5.74) is -5.42. The molecule has 18 heavy (non-hydrogen) atoms. The van der Waals surface area contributed by atoms with Gasteiger partial charge in [0.15, 0.2) is 0 Å². The first-order valence-electron chi connectivity index (χ1n) is 5.71. The predicted molar refractivity (Wildman–Crippen MR) is 60.9 cm³/mol. The zero-order chi connectivity index (χ0) is 14.2. The van der Waals surface area contributed by atoms with Gasteiger partial charge in [-0.05, 0) is 30.3 Å². The second-order valence-electron chi connectivity index (χ2n) is 5.12. The van der Waals surface area contributed by atoms with E-state index in [1.807, 2.05) is 20.8 Å². The van der Waals surface area contributed by atoms with Crippen molar-refractivity contribution in [3.05, 3.63) is 11.8 Å². The van der Waals surface area contributed by atoms with E-state index in [1.165, 1.54) is 6.08 Å². The number of halogens is 3. The zero-order valence-corrected chi connectivity index (χ0v) is 11.4. The van der Waals surface area contributed by atoms with E-state index in [4.69, 9.17) is 0 Å². The maximum absolute atomic E-state index is 12.2. The topological polar surface area (TPSA) is 43.4 Å². The molecule has 1 atom stereocenters. The van der Waals surface area contributed by atoms with E-state index in [0.717, 1.165) is 6.42 Å². The number of allylic oxidation sites excluding steroid dienone is 2. The average Bonchev–Trinajstić information content (AvgIpc) is 2.18. The Balaban J connectivity index is 2.92. The van der Waals surface area contributed by atoms with E-state index in [0.29, 0.717) is 6.42 Å². The summed E-state index contributed by atoms with van der Waals surface area (Å²) in [6.45, 7) is 5.92. The molecule has 0 spiro atoms. The first-order valence-corrected chi connectivity index (χ1v) is 7.12. The lowest BCUT2D eigenvalue weighted by Crippen LogP contribution is -2.29. The van der Waals surface area contributed by atoms with Crippen LogP contribution in [0.1, 0.15) is 40.0 Å². The summed E-state index contributed by atoms with van der Waals surface area (Å²) in [6.07, 6.45) is 3.04. The Morgan fingerprint density at radius 1 is 1.44 bits per heavy atom. The van der Waals surface area contributed by atoms with Crippen LogP contribution in [0.4, 0.5) is 13.2 Å². The molecule has 0 unspecified atom stereocenters. The highest BCUT2D eigenvalue weighted by molar-refractivity contribution is 7.87. The van der Waals surface area contributed by atoms with Crippen LogP contribution in [-0.2, 0) is 14.3 Å². The first kappa shape index (κ1) is 15.3. The molecule has 106 valence electrons. The molecule has 1 rings (SSSR count). The van der Waals surface area contributed by atoms with Crippen LogP contribution in [0, 0.1) is 11.3 Å². The smallest absolute Gasteiger partial charge is 0.381 e. The minimum absolute atomic E-state index is 0.0182. The zero-order valence-electron chi connectivity index (χ0n) is 10.5. The van der Waals surface area contributed by atoms with Gasteiger partial charge in [-0.3, -0.25) is 0 Å². The molecule has 7 heteroatoms. The molecule has 1 aliphatic rings. The largest absolute Gasteiger partial charge is 0.534 e. The fourth-order valence-electron chi connectivity index (χ4n) is 2.09. The molecule has 0 radical (unpaired) electrons. The SMILES string of the molecule is CC[C@@H]1C=C(OS(=O)(=O)C(F)(F)F)CCC1(C)C. The van der Waals surface area contributed by atoms with Crippen LogP contribution in [0.25, 0.3) is 0 Å². The lowest BCUT2D eigenvalue weighted by molar-refractivity contribution is -0.0526. The molecule has 3 nitrogen and oxygen atoms in total. The second kappa shape index (κ2) is 4.75. The fourth-order valence-corrected chi connectivity index (χ4v) is 2.61. The maximum atomic E-state index is 12.2. The highest BCUT2D eigenvalue weighted by atomic mass is 32.2. The monoisotopic (exact) mass is 286 g/mol. The predicted octanol–water partition coefficient (Wildman–Crippen LogP) is 3.58. The Morgan fingerprint density at radius 3 is 2.44 bits per heavy atom. The van der Waals surface area contributed by atoms with Gasteiger partial charge in [0.05, 0.1) is 0 Å². The summed E-state index contributed by atoms with van der Waals surface area (Å²) in [4.78, 5) is 0. The van der Waals surface area contributed by atoms with Crippen LogP contribution in [0.2, 0.25) is 0 Å².